The van der Waals surface area contributed by atoms with Crippen molar-refractivity contribution in [2.24, 2.45) is 22.9 Å². The minimum Gasteiger partial charge on any atom is -0.394 e. The Bertz CT molecular complexity index is 277. The lowest BCUT2D eigenvalue weighted by Crippen LogP contribution is -2.37. The summed E-state index contributed by atoms with van der Waals surface area (Å²) in [4.78, 5) is 22.0. The van der Waals surface area contributed by atoms with Gasteiger partial charge in [0.15, 0.2) is 0 Å². The molecule has 1 aliphatic carbocycles. The summed E-state index contributed by atoms with van der Waals surface area (Å²) in [6, 6.07) is 0. The first-order valence-corrected chi connectivity index (χ1v) is 3.06. The average molecular weight is 168 g/mol. The normalized spacial score (nSPS) is 19.0. The lowest BCUT2D eigenvalue weighted by Gasteiger charge is -2.13. The summed E-state index contributed by atoms with van der Waals surface area (Å²) in [6.07, 6.45) is 0. The number of ketones is 2. The van der Waals surface area contributed by atoms with Crippen LogP contribution in [0.2, 0.25) is 0 Å². The van der Waals surface area contributed by atoms with Crippen molar-refractivity contribution in [2.45, 2.75) is 0 Å². The molecule has 0 spiro atoms. The Morgan fingerprint density at radius 1 is 0.583 bits per heavy atom. The Kier molecular flexibility index (Phi) is 1.53. The minimum atomic E-state index is -0.690. The molecule has 6 nitrogen and oxygen atoms in total. The van der Waals surface area contributed by atoms with Gasteiger partial charge in [-0.05, 0) is 0 Å². The maximum atomic E-state index is 11.0. The molecule has 0 bridgehead atoms. The molecule has 0 amide bonds. The second kappa shape index (κ2) is 2.26. The molecule has 64 valence electrons. The van der Waals surface area contributed by atoms with Crippen LogP contribution < -0.4 is 22.9 Å². The van der Waals surface area contributed by atoms with Crippen LogP contribution in [0.5, 0.6) is 0 Å². The Balaban J connectivity index is 3.32. The van der Waals surface area contributed by atoms with Crippen molar-refractivity contribution in [2.75, 3.05) is 0 Å². The zero-order valence-electron chi connectivity index (χ0n) is 6.13. The van der Waals surface area contributed by atoms with Crippen molar-refractivity contribution in [1.82, 2.24) is 0 Å². The molecule has 0 unspecified atom stereocenters. The highest BCUT2D eigenvalue weighted by Gasteiger charge is 2.28. The highest BCUT2D eigenvalue weighted by atomic mass is 16.1. The molecule has 0 saturated carbocycles. The standard InChI is InChI=1S/C6H8N4O2/c7-1-2(8)6(12)4(10)3(9)5(1)11/h7-10H2. The Morgan fingerprint density at radius 3 is 0.917 bits per heavy atom. The predicted molar refractivity (Wildman–Crippen MR) is 40.8 cm³/mol. The van der Waals surface area contributed by atoms with Gasteiger partial charge < -0.3 is 22.9 Å². The summed E-state index contributed by atoms with van der Waals surface area (Å²) < 4.78 is 0. The summed E-state index contributed by atoms with van der Waals surface area (Å²) in [7, 11) is 0. The third-order valence-electron chi connectivity index (χ3n) is 1.56. The molecule has 0 radical (unpaired) electrons. The van der Waals surface area contributed by atoms with Crippen molar-refractivity contribution in [3.8, 4) is 0 Å². The van der Waals surface area contributed by atoms with Crippen LogP contribution in [0.25, 0.3) is 0 Å². The predicted octanol–water partition coefficient (Wildman–Crippen LogP) is -2.60. The van der Waals surface area contributed by atoms with E-state index in [9.17, 15) is 9.59 Å². The maximum absolute atomic E-state index is 11.0. The van der Waals surface area contributed by atoms with E-state index >= 15 is 0 Å². The molecular formula is C6H8N4O2. The molecule has 0 aliphatic heterocycles. The summed E-state index contributed by atoms with van der Waals surface area (Å²) in [5, 5.41) is 0. The minimum absolute atomic E-state index is 0.341. The van der Waals surface area contributed by atoms with Gasteiger partial charge in [-0.2, -0.15) is 0 Å². The van der Waals surface area contributed by atoms with E-state index in [4.69, 9.17) is 22.9 Å². The zero-order chi connectivity index (χ0) is 9.46. The first-order chi connectivity index (χ1) is 5.46. The highest BCUT2D eigenvalue weighted by Crippen LogP contribution is 2.11. The average Bonchev–Trinajstić information content (AvgIpc) is 2.08. The molecule has 0 fully saturated rings. The van der Waals surface area contributed by atoms with Crippen molar-refractivity contribution >= 4 is 11.6 Å². The highest BCUT2D eigenvalue weighted by molar-refractivity contribution is 6.23. The van der Waals surface area contributed by atoms with E-state index in [-0.39, 0.29) is 22.8 Å². The van der Waals surface area contributed by atoms with E-state index in [1.54, 1.807) is 0 Å². The molecule has 6 heteroatoms. The molecule has 1 aliphatic rings. The Morgan fingerprint density at radius 2 is 0.750 bits per heavy atom. The lowest BCUT2D eigenvalue weighted by atomic mass is 10.0. The SMILES string of the molecule is NC1=C(N)C(=O)C(N)=C(N)C1=O. The number of nitrogens with two attached hydrogens (primary N) is 4. The largest absolute Gasteiger partial charge is 0.394 e. The molecule has 0 atom stereocenters. The van der Waals surface area contributed by atoms with Crippen LogP contribution in [0, 0.1) is 0 Å². The number of rotatable bonds is 0. The van der Waals surface area contributed by atoms with Crippen LogP contribution >= 0.6 is 0 Å². The molecule has 0 aromatic carbocycles. The van der Waals surface area contributed by atoms with Crippen molar-refractivity contribution < 1.29 is 9.59 Å². The molecule has 1 rings (SSSR count). The third-order valence-corrected chi connectivity index (χ3v) is 1.56. The smallest absolute Gasteiger partial charge is 0.228 e. The van der Waals surface area contributed by atoms with Gasteiger partial charge in [-0.3, -0.25) is 9.59 Å². The van der Waals surface area contributed by atoms with E-state index in [0.29, 0.717) is 0 Å². The Hall–Kier alpha value is -1.98. The third kappa shape index (κ3) is 0.815. The molecule has 0 saturated heterocycles. The molecule has 8 N–H and O–H groups in total. The van der Waals surface area contributed by atoms with Gasteiger partial charge in [-0.25, -0.2) is 0 Å². The summed E-state index contributed by atoms with van der Waals surface area (Å²) in [5.41, 5.74) is 19.4. The number of carbonyl (C=O) groups is 2. The van der Waals surface area contributed by atoms with E-state index in [1.807, 2.05) is 0 Å². The van der Waals surface area contributed by atoms with Gasteiger partial charge in [0.05, 0.1) is 0 Å². The molecule has 12 heavy (non-hydrogen) atoms. The van der Waals surface area contributed by atoms with E-state index in [2.05, 4.69) is 0 Å². The van der Waals surface area contributed by atoms with Gasteiger partial charge >= 0.3 is 0 Å². The van der Waals surface area contributed by atoms with Gasteiger partial charge in [0, 0.05) is 0 Å². The van der Waals surface area contributed by atoms with Crippen LogP contribution in [-0.2, 0) is 9.59 Å². The zero-order valence-corrected chi connectivity index (χ0v) is 6.13. The second-order valence-electron chi connectivity index (χ2n) is 2.31. The maximum Gasteiger partial charge on any atom is 0.228 e. The summed E-state index contributed by atoms with van der Waals surface area (Å²) in [5.74, 6) is -1.38. The number of hydrogen-bond acceptors (Lipinski definition) is 6. The van der Waals surface area contributed by atoms with Crippen molar-refractivity contribution in [3.05, 3.63) is 22.8 Å². The number of Topliss-reactive ketones (excluding diaryl/α,β-unsaturated/α-hetero) is 2. The van der Waals surface area contributed by atoms with Crippen LogP contribution in [0.1, 0.15) is 0 Å². The fourth-order valence-corrected chi connectivity index (χ4v) is 0.779. The fourth-order valence-electron chi connectivity index (χ4n) is 0.779. The molecule has 0 aromatic rings. The monoisotopic (exact) mass is 168 g/mol. The van der Waals surface area contributed by atoms with Gasteiger partial charge in [-0.15, -0.1) is 0 Å². The number of carbonyl (C=O) groups excluding carboxylic acids is 2. The fraction of sp³-hybridized carbons (Fsp3) is 0. The Labute approximate surface area is 67.9 Å². The topological polar surface area (TPSA) is 138 Å². The van der Waals surface area contributed by atoms with Gasteiger partial charge in [0.2, 0.25) is 11.6 Å². The van der Waals surface area contributed by atoms with Crippen LogP contribution in [0.3, 0.4) is 0 Å². The van der Waals surface area contributed by atoms with Crippen LogP contribution in [-0.4, -0.2) is 11.6 Å². The molecule has 0 aromatic heterocycles. The quantitative estimate of drug-likeness (QED) is 0.292. The van der Waals surface area contributed by atoms with Crippen molar-refractivity contribution in [1.29, 1.82) is 0 Å². The van der Waals surface area contributed by atoms with Gasteiger partial charge in [-0.1, -0.05) is 0 Å². The van der Waals surface area contributed by atoms with E-state index < -0.39 is 11.6 Å². The molecule has 0 heterocycles. The van der Waals surface area contributed by atoms with Crippen LogP contribution in [0.4, 0.5) is 0 Å². The van der Waals surface area contributed by atoms with Crippen molar-refractivity contribution in [3.63, 3.8) is 0 Å². The van der Waals surface area contributed by atoms with Crippen LogP contribution in [0.15, 0.2) is 22.8 Å². The van der Waals surface area contributed by atoms with Gasteiger partial charge in [0.25, 0.3) is 0 Å². The molecular weight excluding hydrogens is 160 g/mol. The van der Waals surface area contributed by atoms with E-state index in [1.165, 1.54) is 0 Å². The summed E-state index contributed by atoms with van der Waals surface area (Å²) >= 11 is 0. The first kappa shape index (κ1) is 8.12. The first-order valence-electron chi connectivity index (χ1n) is 3.06. The lowest BCUT2D eigenvalue weighted by molar-refractivity contribution is -0.116. The number of hydrogen-bond donors (Lipinski definition) is 4. The second-order valence-corrected chi connectivity index (χ2v) is 2.31. The van der Waals surface area contributed by atoms with Gasteiger partial charge in [0.1, 0.15) is 22.8 Å². The summed E-state index contributed by atoms with van der Waals surface area (Å²) in [6.45, 7) is 0. The van der Waals surface area contributed by atoms with E-state index in [0.717, 1.165) is 0 Å².